The third-order valence-corrected chi connectivity index (χ3v) is 4.60. The van der Waals surface area contributed by atoms with Gasteiger partial charge in [0.1, 0.15) is 11.9 Å². The van der Waals surface area contributed by atoms with Crippen LogP contribution >= 0.6 is 0 Å². The van der Waals surface area contributed by atoms with Gasteiger partial charge in [-0.05, 0) is 30.7 Å². The van der Waals surface area contributed by atoms with Gasteiger partial charge in [0.15, 0.2) is 0 Å². The normalized spacial score (nSPS) is 10.6. The van der Waals surface area contributed by atoms with Crippen LogP contribution in [0.5, 0.6) is 0 Å². The number of amides is 1. The molecule has 0 radical (unpaired) electrons. The van der Waals surface area contributed by atoms with Crippen LogP contribution in [0.15, 0.2) is 47.4 Å². The molecule has 0 aliphatic heterocycles. The van der Waals surface area contributed by atoms with Crippen molar-refractivity contribution in [2.45, 2.75) is 32.9 Å². The molecule has 8 nitrogen and oxygen atoms in total. The minimum absolute atomic E-state index is 0.0818. The molecule has 3 rings (SSSR count). The van der Waals surface area contributed by atoms with Crippen molar-refractivity contribution in [3.63, 3.8) is 0 Å². The Balaban J connectivity index is 1.54. The maximum atomic E-state index is 12.7. The SMILES string of the molecule is CCCn1c(=O)n(CCC(=O)NCCNc2ncccc2C#N)c2ccccc21. The smallest absolute Gasteiger partial charge is 0.329 e. The van der Waals surface area contributed by atoms with Crippen molar-refractivity contribution < 1.29 is 4.79 Å². The molecule has 2 N–H and O–H groups in total. The Morgan fingerprint density at radius 3 is 2.52 bits per heavy atom. The quantitative estimate of drug-likeness (QED) is 0.543. The molecule has 0 aliphatic carbocycles. The van der Waals surface area contributed by atoms with E-state index in [9.17, 15) is 9.59 Å². The summed E-state index contributed by atoms with van der Waals surface area (Å²) in [4.78, 5) is 29.0. The van der Waals surface area contributed by atoms with Gasteiger partial charge in [0.05, 0.1) is 16.6 Å². The second-order valence-corrected chi connectivity index (χ2v) is 6.61. The molecule has 2 aromatic heterocycles. The van der Waals surface area contributed by atoms with Crippen molar-refractivity contribution in [1.82, 2.24) is 19.4 Å². The number of imidazole rings is 1. The Labute approximate surface area is 168 Å². The molecule has 8 heteroatoms. The Bertz CT molecular complexity index is 1090. The van der Waals surface area contributed by atoms with Gasteiger partial charge >= 0.3 is 5.69 Å². The predicted molar refractivity (Wildman–Crippen MR) is 112 cm³/mol. The third-order valence-electron chi connectivity index (χ3n) is 4.60. The molecular weight excluding hydrogens is 368 g/mol. The van der Waals surface area contributed by atoms with Crippen molar-refractivity contribution in [2.24, 2.45) is 0 Å². The largest absolute Gasteiger partial charge is 0.367 e. The first-order valence-electron chi connectivity index (χ1n) is 9.69. The summed E-state index contributed by atoms with van der Waals surface area (Å²) in [5.74, 6) is 0.368. The van der Waals surface area contributed by atoms with Crippen molar-refractivity contribution in [3.8, 4) is 6.07 Å². The molecule has 0 fully saturated rings. The zero-order chi connectivity index (χ0) is 20.6. The summed E-state index contributed by atoms with van der Waals surface area (Å²) in [5, 5.41) is 14.9. The van der Waals surface area contributed by atoms with Crippen LogP contribution in [0.3, 0.4) is 0 Å². The molecular formula is C21H24N6O2. The first kappa shape index (κ1) is 20.1. The van der Waals surface area contributed by atoms with Gasteiger partial charge in [-0.2, -0.15) is 5.26 Å². The number of nitriles is 1. The Morgan fingerprint density at radius 1 is 1.10 bits per heavy atom. The summed E-state index contributed by atoms with van der Waals surface area (Å²) >= 11 is 0. The average Bonchev–Trinajstić information content (AvgIpc) is 3.01. The molecule has 0 saturated heterocycles. The topological polar surface area (TPSA) is 105 Å². The first-order chi connectivity index (χ1) is 14.2. The van der Waals surface area contributed by atoms with Gasteiger partial charge in [-0.25, -0.2) is 9.78 Å². The third kappa shape index (κ3) is 4.63. The maximum Gasteiger partial charge on any atom is 0.329 e. The lowest BCUT2D eigenvalue weighted by atomic mass is 10.3. The lowest BCUT2D eigenvalue weighted by molar-refractivity contribution is -0.121. The number of hydrogen-bond acceptors (Lipinski definition) is 5. The number of hydrogen-bond donors (Lipinski definition) is 2. The van der Waals surface area contributed by atoms with Crippen LogP contribution in [-0.2, 0) is 17.9 Å². The number of pyridine rings is 1. The number of aromatic nitrogens is 3. The van der Waals surface area contributed by atoms with Gasteiger partial charge in [0.2, 0.25) is 5.91 Å². The fraction of sp³-hybridized carbons (Fsp3) is 0.333. The molecule has 1 amide bonds. The molecule has 0 spiro atoms. The van der Waals surface area contributed by atoms with E-state index in [1.807, 2.05) is 31.2 Å². The average molecular weight is 392 g/mol. The first-order valence-corrected chi connectivity index (χ1v) is 9.69. The van der Waals surface area contributed by atoms with Crippen LogP contribution in [-0.4, -0.2) is 33.1 Å². The van der Waals surface area contributed by atoms with Crippen molar-refractivity contribution in [1.29, 1.82) is 5.26 Å². The van der Waals surface area contributed by atoms with Crippen LogP contribution in [0.2, 0.25) is 0 Å². The summed E-state index contributed by atoms with van der Waals surface area (Å²) < 4.78 is 3.42. The summed E-state index contributed by atoms with van der Waals surface area (Å²) in [6.07, 6.45) is 2.69. The lowest BCUT2D eigenvalue weighted by Crippen LogP contribution is -2.31. The molecule has 0 unspecified atom stereocenters. The monoisotopic (exact) mass is 392 g/mol. The van der Waals surface area contributed by atoms with E-state index < -0.39 is 0 Å². The van der Waals surface area contributed by atoms with Gasteiger partial charge in [-0.15, -0.1) is 0 Å². The standard InChI is InChI=1S/C21H24N6O2/c1-2-13-26-17-7-3-4-8-18(17)27(21(26)29)14-9-19(28)23-11-12-25-20-16(15-22)6-5-10-24-20/h3-8,10H,2,9,11-14H2,1H3,(H,23,28)(H,24,25). The number of anilines is 1. The molecule has 150 valence electrons. The summed E-state index contributed by atoms with van der Waals surface area (Å²) in [5.41, 5.74) is 2.12. The maximum absolute atomic E-state index is 12.7. The molecule has 0 bridgehead atoms. The number of benzene rings is 1. The number of aryl methyl sites for hydroxylation is 2. The fourth-order valence-corrected chi connectivity index (χ4v) is 3.25. The second-order valence-electron chi connectivity index (χ2n) is 6.61. The Hall–Kier alpha value is -3.60. The highest BCUT2D eigenvalue weighted by molar-refractivity contribution is 5.78. The fourth-order valence-electron chi connectivity index (χ4n) is 3.25. The summed E-state index contributed by atoms with van der Waals surface area (Å²) in [6.45, 7) is 3.86. The molecule has 1 aromatic carbocycles. The van der Waals surface area contributed by atoms with E-state index in [0.29, 0.717) is 37.6 Å². The van der Waals surface area contributed by atoms with Crippen LogP contribution in [0.4, 0.5) is 5.82 Å². The molecule has 0 saturated carbocycles. The lowest BCUT2D eigenvalue weighted by Gasteiger charge is -2.08. The summed E-state index contributed by atoms with van der Waals surface area (Å²) in [7, 11) is 0. The number of fused-ring (bicyclic) bond motifs is 1. The molecule has 0 atom stereocenters. The van der Waals surface area contributed by atoms with Crippen molar-refractivity contribution in [3.05, 3.63) is 58.6 Å². The van der Waals surface area contributed by atoms with Crippen LogP contribution in [0.25, 0.3) is 11.0 Å². The number of para-hydroxylation sites is 2. The zero-order valence-corrected chi connectivity index (χ0v) is 16.4. The summed E-state index contributed by atoms with van der Waals surface area (Å²) in [6, 6.07) is 13.1. The van der Waals surface area contributed by atoms with E-state index >= 15 is 0 Å². The van der Waals surface area contributed by atoms with Crippen molar-refractivity contribution >= 4 is 22.8 Å². The molecule has 0 aliphatic rings. The Morgan fingerprint density at radius 2 is 1.83 bits per heavy atom. The van der Waals surface area contributed by atoms with Gasteiger partial charge in [0.25, 0.3) is 0 Å². The predicted octanol–water partition coefficient (Wildman–Crippen LogP) is 2.10. The second kappa shape index (κ2) is 9.55. The van der Waals surface area contributed by atoms with Crippen LogP contribution < -0.4 is 16.3 Å². The highest BCUT2D eigenvalue weighted by Gasteiger charge is 2.13. The van der Waals surface area contributed by atoms with Gasteiger partial charge in [0, 0.05) is 38.8 Å². The van der Waals surface area contributed by atoms with Crippen LogP contribution in [0, 0.1) is 11.3 Å². The number of carbonyl (C=O) groups excluding carboxylic acids is 1. The minimum Gasteiger partial charge on any atom is -0.367 e. The van der Waals surface area contributed by atoms with E-state index in [1.165, 1.54) is 0 Å². The minimum atomic E-state index is -0.132. The number of carbonyl (C=O) groups is 1. The van der Waals surface area contributed by atoms with Crippen LogP contribution in [0.1, 0.15) is 25.3 Å². The van der Waals surface area contributed by atoms with E-state index in [0.717, 1.165) is 17.5 Å². The zero-order valence-electron chi connectivity index (χ0n) is 16.4. The number of rotatable bonds is 9. The molecule has 2 heterocycles. The highest BCUT2D eigenvalue weighted by atomic mass is 16.2. The van der Waals surface area contributed by atoms with E-state index in [4.69, 9.17) is 5.26 Å². The van der Waals surface area contributed by atoms with Gasteiger partial charge in [-0.3, -0.25) is 13.9 Å². The molecule has 29 heavy (non-hydrogen) atoms. The number of nitrogens with zero attached hydrogens (tertiary/aromatic N) is 4. The highest BCUT2D eigenvalue weighted by Crippen LogP contribution is 2.13. The van der Waals surface area contributed by atoms with E-state index in [2.05, 4.69) is 21.7 Å². The van der Waals surface area contributed by atoms with E-state index in [1.54, 1.807) is 27.5 Å². The van der Waals surface area contributed by atoms with E-state index in [-0.39, 0.29) is 18.0 Å². The number of nitrogens with one attached hydrogen (secondary N) is 2. The van der Waals surface area contributed by atoms with Gasteiger partial charge < -0.3 is 10.6 Å². The van der Waals surface area contributed by atoms with Gasteiger partial charge in [-0.1, -0.05) is 19.1 Å². The molecule has 3 aromatic rings. The Kier molecular flexibility index (Phi) is 6.63. The van der Waals surface area contributed by atoms with Crippen molar-refractivity contribution in [2.75, 3.05) is 18.4 Å².